The molecule has 0 fully saturated rings. The van der Waals surface area contributed by atoms with E-state index in [4.69, 9.17) is 0 Å². The summed E-state index contributed by atoms with van der Waals surface area (Å²) in [6.45, 7) is 0. The second kappa shape index (κ2) is 8.86. The van der Waals surface area contributed by atoms with Gasteiger partial charge in [0.15, 0.2) is 0 Å². The van der Waals surface area contributed by atoms with Crippen LogP contribution in [-0.4, -0.2) is 8.79 Å². The molecule has 2 atom stereocenters. The highest BCUT2D eigenvalue weighted by molar-refractivity contribution is 8.11. The second-order valence-electron chi connectivity index (χ2n) is 5.50. The highest BCUT2D eigenvalue weighted by Crippen LogP contribution is 2.31. The van der Waals surface area contributed by atoms with Crippen molar-refractivity contribution >= 4 is 22.6 Å². The topological polar surface area (TPSA) is 17.1 Å². The summed E-state index contributed by atoms with van der Waals surface area (Å²) in [5.74, 6) is 0. The van der Waals surface area contributed by atoms with Gasteiger partial charge in [0.1, 0.15) is 0 Å². The Kier molecular flexibility index (Phi) is 6.27. The van der Waals surface area contributed by atoms with Crippen LogP contribution in [0.1, 0.15) is 12.0 Å². The summed E-state index contributed by atoms with van der Waals surface area (Å²) in [4.78, 5) is 2.07. The van der Waals surface area contributed by atoms with Gasteiger partial charge in [0.05, 0.1) is 15.4 Å². The first-order valence-electron chi connectivity index (χ1n) is 8.04. The summed E-state index contributed by atoms with van der Waals surface area (Å²) in [6, 6.07) is 30.4. The number of hydrogen-bond donors (Lipinski definition) is 0. The Hall–Kier alpha value is -1.84. The maximum Gasteiger partial charge on any atom is 0.0898 e. The van der Waals surface area contributed by atoms with Gasteiger partial charge < -0.3 is 0 Å². The van der Waals surface area contributed by atoms with Crippen LogP contribution >= 0.6 is 11.8 Å². The fourth-order valence-electron chi connectivity index (χ4n) is 2.50. The van der Waals surface area contributed by atoms with Crippen molar-refractivity contribution in [1.29, 1.82) is 0 Å². The second-order valence-corrected chi connectivity index (χ2v) is 8.70. The smallest absolute Gasteiger partial charge is 0.0898 e. The van der Waals surface area contributed by atoms with Crippen molar-refractivity contribution in [2.24, 2.45) is 0 Å². The van der Waals surface area contributed by atoms with Gasteiger partial charge in [-0.1, -0.05) is 66.7 Å². The predicted octanol–water partition coefficient (Wildman–Crippen LogP) is 5.55. The maximum atomic E-state index is 13.1. The molecular weight excluding hydrogens is 332 g/mol. The summed E-state index contributed by atoms with van der Waals surface area (Å²) in [5, 5.41) is 0. The first-order chi connectivity index (χ1) is 11.8. The monoisotopic (exact) mass is 352 g/mol. The van der Waals surface area contributed by atoms with Crippen LogP contribution in [0.25, 0.3) is 0 Å². The third kappa shape index (κ3) is 4.83. The molecule has 0 radical (unpaired) electrons. The standard InChI is InChI=1S/C21H20OS2/c22-24(20-14-8-3-9-15-20)21(23-19-12-6-2-7-13-19)17-16-18-10-4-1-5-11-18/h1-15,21H,16-17H2. The average molecular weight is 353 g/mol. The molecule has 0 heterocycles. The highest BCUT2D eigenvalue weighted by Gasteiger charge is 2.19. The van der Waals surface area contributed by atoms with Crippen LogP contribution in [-0.2, 0) is 17.2 Å². The van der Waals surface area contributed by atoms with Gasteiger partial charge in [-0.2, -0.15) is 0 Å². The lowest BCUT2D eigenvalue weighted by molar-refractivity contribution is 0.677. The van der Waals surface area contributed by atoms with Crippen molar-refractivity contribution in [3.05, 3.63) is 96.6 Å². The number of thioether (sulfide) groups is 1. The van der Waals surface area contributed by atoms with E-state index in [0.717, 1.165) is 17.7 Å². The minimum Gasteiger partial charge on any atom is -0.253 e. The predicted molar refractivity (Wildman–Crippen MR) is 104 cm³/mol. The van der Waals surface area contributed by atoms with E-state index >= 15 is 0 Å². The zero-order chi connectivity index (χ0) is 16.6. The molecule has 3 aromatic rings. The summed E-state index contributed by atoms with van der Waals surface area (Å²) >= 11 is 1.71. The van der Waals surface area contributed by atoms with Crippen LogP contribution in [0.4, 0.5) is 0 Å². The van der Waals surface area contributed by atoms with Gasteiger partial charge in [0, 0.05) is 9.79 Å². The van der Waals surface area contributed by atoms with Gasteiger partial charge in [-0.15, -0.1) is 11.8 Å². The van der Waals surface area contributed by atoms with E-state index in [0.29, 0.717) is 0 Å². The lowest BCUT2D eigenvalue weighted by Gasteiger charge is -2.16. The largest absolute Gasteiger partial charge is 0.253 e. The molecule has 1 nitrogen and oxygen atoms in total. The van der Waals surface area contributed by atoms with E-state index in [2.05, 4.69) is 36.4 Å². The molecule has 3 heteroatoms. The van der Waals surface area contributed by atoms with Crippen LogP contribution in [0, 0.1) is 0 Å². The fourth-order valence-corrected chi connectivity index (χ4v) is 5.43. The number of hydrogen-bond acceptors (Lipinski definition) is 2. The molecule has 0 aliphatic rings. The Bertz CT molecular complexity index is 758. The van der Waals surface area contributed by atoms with Crippen LogP contribution in [0.2, 0.25) is 0 Å². The molecule has 3 rings (SSSR count). The van der Waals surface area contributed by atoms with Crippen LogP contribution in [0.3, 0.4) is 0 Å². The molecule has 2 unspecified atom stereocenters. The Labute approximate surface area is 150 Å². The van der Waals surface area contributed by atoms with Gasteiger partial charge in [0.2, 0.25) is 0 Å². The Morgan fingerprint density at radius 3 is 1.92 bits per heavy atom. The van der Waals surface area contributed by atoms with Gasteiger partial charge in [-0.05, 0) is 42.7 Å². The quantitative estimate of drug-likeness (QED) is 0.519. The van der Waals surface area contributed by atoms with Crippen molar-refractivity contribution in [2.75, 3.05) is 0 Å². The first-order valence-corrected chi connectivity index (χ1v) is 10.1. The summed E-state index contributed by atoms with van der Waals surface area (Å²) in [6.07, 6.45) is 1.81. The van der Waals surface area contributed by atoms with Crippen molar-refractivity contribution in [1.82, 2.24) is 0 Å². The zero-order valence-electron chi connectivity index (χ0n) is 13.4. The number of benzene rings is 3. The molecule has 0 aromatic heterocycles. The van der Waals surface area contributed by atoms with E-state index in [1.54, 1.807) is 11.8 Å². The molecule has 0 amide bonds. The Balaban J connectivity index is 1.76. The minimum atomic E-state index is -1.03. The van der Waals surface area contributed by atoms with Crippen molar-refractivity contribution in [3.63, 3.8) is 0 Å². The van der Waals surface area contributed by atoms with E-state index in [9.17, 15) is 4.21 Å². The van der Waals surface area contributed by atoms with Crippen LogP contribution in [0.5, 0.6) is 0 Å². The van der Waals surface area contributed by atoms with Crippen LogP contribution < -0.4 is 0 Å². The normalized spacial score (nSPS) is 13.3. The SMILES string of the molecule is O=S(c1ccccc1)C(CCc1ccccc1)Sc1ccccc1. The summed E-state index contributed by atoms with van der Waals surface area (Å²) < 4.78 is 13.1. The molecule has 0 aliphatic carbocycles. The van der Waals surface area contributed by atoms with E-state index < -0.39 is 10.8 Å². The molecule has 0 aliphatic heterocycles. The van der Waals surface area contributed by atoms with Gasteiger partial charge in [-0.3, -0.25) is 4.21 Å². The van der Waals surface area contributed by atoms with E-state index in [1.165, 1.54) is 10.5 Å². The average Bonchev–Trinajstić information content (AvgIpc) is 2.67. The number of rotatable bonds is 7. The van der Waals surface area contributed by atoms with Crippen molar-refractivity contribution in [3.8, 4) is 0 Å². The van der Waals surface area contributed by atoms with E-state index in [1.807, 2.05) is 54.6 Å². The Morgan fingerprint density at radius 2 is 1.29 bits per heavy atom. The lowest BCUT2D eigenvalue weighted by Crippen LogP contribution is -2.12. The third-order valence-electron chi connectivity index (χ3n) is 3.74. The molecule has 0 saturated heterocycles. The molecular formula is C21H20OS2. The summed E-state index contributed by atoms with van der Waals surface area (Å²) in [7, 11) is -1.03. The molecule has 24 heavy (non-hydrogen) atoms. The van der Waals surface area contributed by atoms with Gasteiger partial charge >= 0.3 is 0 Å². The molecule has 3 aromatic carbocycles. The molecule has 0 N–H and O–H groups in total. The molecule has 0 saturated carbocycles. The molecule has 122 valence electrons. The van der Waals surface area contributed by atoms with Crippen molar-refractivity contribution < 1.29 is 4.21 Å². The zero-order valence-corrected chi connectivity index (χ0v) is 15.0. The maximum absolute atomic E-state index is 13.1. The first kappa shape index (κ1) is 17.0. The van der Waals surface area contributed by atoms with Crippen molar-refractivity contribution in [2.45, 2.75) is 27.2 Å². The third-order valence-corrected chi connectivity index (χ3v) is 7.04. The van der Waals surface area contributed by atoms with Crippen LogP contribution in [0.15, 0.2) is 101 Å². The van der Waals surface area contributed by atoms with E-state index in [-0.39, 0.29) is 4.58 Å². The highest BCUT2D eigenvalue weighted by atomic mass is 32.2. The Morgan fingerprint density at radius 1 is 0.750 bits per heavy atom. The van der Waals surface area contributed by atoms with Gasteiger partial charge in [-0.25, -0.2) is 0 Å². The molecule has 0 spiro atoms. The fraction of sp³-hybridized carbons (Fsp3) is 0.143. The summed E-state index contributed by atoms with van der Waals surface area (Å²) in [5.41, 5.74) is 1.29. The van der Waals surface area contributed by atoms with Gasteiger partial charge in [0.25, 0.3) is 0 Å². The molecule has 0 bridgehead atoms. The minimum absolute atomic E-state index is 0.0370. The number of aryl methyl sites for hydroxylation is 1. The lowest BCUT2D eigenvalue weighted by atomic mass is 10.1.